The molecule has 0 bridgehead atoms. The monoisotopic (exact) mass is 422 g/mol. The number of aromatic nitrogens is 1. The lowest BCUT2D eigenvalue weighted by Crippen LogP contribution is -2.37. The first-order valence-corrected chi connectivity index (χ1v) is 13.4. The average Bonchev–Trinajstić information content (AvgIpc) is 2.92. The highest BCUT2D eigenvalue weighted by Crippen LogP contribution is 2.45. The normalized spacial score (nSPS) is 21.8. The van der Waals surface area contributed by atoms with Gasteiger partial charge in [0.25, 0.3) is 0 Å². The fraction of sp³-hybridized carbons (Fsp3) is 0.714. The number of nitrogens with zero attached hydrogens (tertiary/aromatic N) is 3. The molecule has 1 amide bonds. The van der Waals surface area contributed by atoms with E-state index < -0.39 is 9.04 Å². The summed E-state index contributed by atoms with van der Waals surface area (Å²) >= 11 is 1.77. The molecule has 1 aliphatic rings. The topological polar surface area (TPSA) is 45.7 Å². The van der Waals surface area contributed by atoms with Crippen LogP contribution in [0, 0.1) is 5.41 Å². The lowest BCUT2D eigenvalue weighted by atomic mass is 9.86. The highest BCUT2D eigenvalue weighted by Gasteiger charge is 2.41. The second-order valence-corrected chi connectivity index (χ2v) is 12.4. The molecule has 1 aliphatic heterocycles. The second kappa shape index (κ2) is 10.2. The summed E-state index contributed by atoms with van der Waals surface area (Å²) in [6.07, 6.45) is 5.64. The van der Waals surface area contributed by atoms with Gasteiger partial charge in [-0.15, -0.1) is 11.8 Å². The Morgan fingerprint density at radius 2 is 2.07 bits per heavy atom. The van der Waals surface area contributed by atoms with Gasteiger partial charge in [-0.1, -0.05) is 26.8 Å². The zero-order valence-electron chi connectivity index (χ0n) is 18.4. The first-order chi connectivity index (χ1) is 13.1. The Morgan fingerprint density at radius 1 is 1.36 bits per heavy atom. The smallest absolute Gasteiger partial charge is 0.236 e. The number of hydrogen-bond donors (Lipinski definition) is 0. The van der Waals surface area contributed by atoms with Crippen LogP contribution in [0.1, 0.15) is 44.6 Å². The van der Waals surface area contributed by atoms with E-state index in [1.165, 1.54) is 0 Å². The number of amides is 1. The summed E-state index contributed by atoms with van der Waals surface area (Å²) in [6, 6.07) is 4.03. The van der Waals surface area contributed by atoms with Crippen LogP contribution >= 0.6 is 11.8 Å². The second-order valence-electron chi connectivity index (χ2n) is 9.06. The van der Waals surface area contributed by atoms with E-state index >= 15 is 0 Å². The molecule has 1 saturated heterocycles. The van der Waals surface area contributed by atoms with Crippen LogP contribution in [0.4, 0.5) is 0 Å². The van der Waals surface area contributed by atoms with E-state index in [1.54, 1.807) is 18.0 Å². The quantitative estimate of drug-likeness (QED) is 0.562. The molecule has 3 unspecified atom stereocenters. The summed E-state index contributed by atoms with van der Waals surface area (Å²) < 4.78 is 6.28. The molecule has 0 aliphatic carbocycles. The molecule has 5 nitrogen and oxygen atoms in total. The molecule has 0 N–H and O–H groups in total. The predicted octanol–water partition coefficient (Wildman–Crippen LogP) is 4.05. The maximum atomic E-state index is 13.2. The van der Waals surface area contributed by atoms with E-state index in [9.17, 15) is 4.79 Å². The summed E-state index contributed by atoms with van der Waals surface area (Å²) in [6.45, 7) is 12.7. The van der Waals surface area contributed by atoms with Gasteiger partial charge in [-0.3, -0.25) is 9.78 Å². The number of carbonyl (C=O) groups excluding carboxylic acids is 1. The van der Waals surface area contributed by atoms with E-state index in [2.05, 4.69) is 49.8 Å². The highest BCUT2D eigenvalue weighted by molar-refractivity contribution is 8.01. The minimum atomic E-state index is -0.772. The van der Waals surface area contributed by atoms with Gasteiger partial charge in [-0.25, -0.2) is 0 Å². The largest absolute Gasteiger partial charge is 0.414 e. The van der Waals surface area contributed by atoms with Crippen LogP contribution in [-0.2, 0) is 9.22 Å². The van der Waals surface area contributed by atoms with Crippen LogP contribution in [-0.4, -0.2) is 68.3 Å². The molecule has 1 fully saturated rings. The van der Waals surface area contributed by atoms with Crippen molar-refractivity contribution in [2.24, 2.45) is 5.41 Å². The Bertz CT molecular complexity index is 622. The van der Waals surface area contributed by atoms with E-state index in [1.807, 2.05) is 31.3 Å². The molecular weight excluding hydrogens is 386 g/mol. The molecule has 1 aromatic heterocycles. The van der Waals surface area contributed by atoms with Crippen molar-refractivity contribution < 1.29 is 9.22 Å². The molecule has 0 aromatic carbocycles. The van der Waals surface area contributed by atoms with Gasteiger partial charge >= 0.3 is 0 Å². The van der Waals surface area contributed by atoms with E-state index in [-0.39, 0.29) is 28.0 Å². The summed E-state index contributed by atoms with van der Waals surface area (Å²) in [7, 11) is 3.32. The Hall–Kier alpha value is -0.893. The number of carbonyl (C=O) groups is 1. The SMILES string of the molecule is CN(C)CCN1C(=O)C(CCC(O[Si](C)C)C(C)(C)C)SC1c1cccnc1. The molecule has 3 atom stereocenters. The number of thioether (sulfide) groups is 1. The van der Waals surface area contributed by atoms with Crippen LogP contribution in [0.5, 0.6) is 0 Å². The number of rotatable bonds is 9. The zero-order valence-corrected chi connectivity index (χ0v) is 20.3. The molecule has 7 heteroatoms. The highest BCUT2D eigenvalue weighted by atomic mass is 32.2. The van der Waals surface area contributed by atoms with Crippen molar-refractivity contribution in [3.8, 4) is 0 Å². The number of hydrogen-bond acceptors (Lipinski definition) is 5. The summed E-state index contributed by atoms with van der Waals surface area (Å²) in [4.78, 5) is 21.6. The van der Waals surface area contributed by atoms with Crippen LogP contribution < -0.4 is 0 Å². The molecule has 1 radical (unpaired) electrons. The van der Waals surface area contributed by atoms with Gasteiger partial charge in [0.2, 0.25) is 14.9 Å². The maximum Gasteiger partial charge on any atom is 0.236 e. The number of likely N-dealkylation sites (N-methyl/N-ethyl adjacent to an activating group) is 1. The van der Waals surface area contributed by atoms with Gasteiger partial charge in [0.15, 0.2) is 0 Å². The van der Waals surface area contributed by atoms with Crippen molar-refractivity contribution in [3.63, 3.8) is 0 Å². The first kappa shape index (κ1) is 23.4. The maximum absolute atomic E-state index is 13.2. The Morgan fingerprint density at radius 3 is 2.61 bits per heavy atom. The lowest BCUT2D eigenvalue weighted by Gasteiger charge is -2.33. The van der Waals surface area contributed by atoms with Crippen molar-refractivity contribution in [3.05, 3.63) is 30.1 Å². The minimum Gasteiger partial charge on any atom is -0.414 e. The van der Waals surface area contributed by atoms with Gasteiger partial charge in [0.05, 0.1) is 5.25 Å². The van der Waals surface area contributed by atoms with Gasteiger partial charge in [0, 0.05) is 37.2 Å². The van der Waals surface area contributed by atoms with Crippen LogP contribution in [0.2, 0.25) is 13.1 Å². The molecule has 0 spiro atoms. The zero-order chi connectivity index (χ0) is 20.9. The summed E-state index contributed by atoms with van der Waals surface area (Å²) in [5.74, 6) is 0.256. The molecule has 28 heavy (non-hydrogen) atoms. The van der Waals surface area contributed by atoms with Crippen molar-refractivity contribution >= 4 is 26.7 Å². The van der Waals surface area contributed by atoms with Crippen LogP contribution in [0.3, 0.4) is 0 Å². The molecule has 0 saturated carbocycles. The molecular formula is C21H36N3O2SSi. The van der Waals surface area contributed by atoms with Gasteiger partial charge in [-0.05, 0) is 51.5 Å². The average molecular weight is 423 g/mol. The van der Waals surface area contributed by atoms with Gasteiger partial charge in [0.1, 0.15) is 5.37 Å². The Labute approximate surface area is 177 Å². The fourth-order valence-electron chi connectivity index (χ4n) is 3.35. The molecule has 157 valence electrons. The third kappa shape index (κ3) is 6.58. The van der Waals surface area contributed by atoms with Crippen molar-refractivity contribution in [2.75, 3.05) is 27.2 Å². The third-order valence-electron chi connectivity index (χ3n) is 4.93. The van der Waals surface area contributed by atoms with Crippen LogP contribution in [0.25, 0.3) is 0 Å². The van der Waals surface area contributed by atoms with E-state index in [0.29, 0.717) is 0 Å². The summed E-state index contributed by atoms with van der Waals surface area (Å²) in [5, 5.41) is 0.0438. The predicted molar refractivity (Wildman–Crippen MR) is 120 cm³/mol. The molecule has 2 heterocycles. The van der Waals surface area contributed by atoms with E-state index in [0.717, 1.165) is 31.5 Å². The molecule has 2 rings (SSSR count). The van der Waals surface area contributed by atoms with Gasteiger partial charge in [-0.2, -0.15) is 0 Å². The van der Waals surface area contributed by atoms with Crippen LogP contribution in [0.15, 0.2) is 24.5 Å². The first-order valence-electron chi connectivity index (χ1n) is 10.1. The Balaban J connectivity index is 2.11. The summed E-state index contributed by atoms with van der Waals surface area (Å²) in [5.41, 5.74) is 1.19. The Kier molecular flexibility index (Phi) is 8.54. The van der Waals surface area contributed by atoms with Crippen molar-refractivity contribution in [1.29, 1.82) is 0 Å². The fourth-order valence-corrected chi connectivity index (χ4v) is 5.88. The van der Waals surface area contributed by atoms with Crippen molar-refractivity contribution in [2.45, 2.75) is 63.4 Å². The van der Waals surface area contributed by atoms with Crippen molar-refractivity contribution in [1.82, 2.24) is 14.8 Å². The standard InChI is InChI=1S/C21H36N3O2SSi/c1-21(2,3)18(26-28(6)7)11-10-17-19(25)24(14-13-23(4)5)20(27-17)16-9-8-12-22-15-16/h8-9,12,15,17-18,20H,10-11,13-14H2,1-7H3. The minimum absolute atomic E-state index is 0.00907. The molecule has 1 aromatic rings. The lowest BCUT2D eigenvalue weighted by molar-refractivity contribution is -0.130. The van der Waals surface area contributed by atoms with Gasteiger partial charge < -0.3 is 14.2 Å². The third-order valence-corrected chi connectivity index (χ3v) is 7.23. The van der Waals surface area contributed by atoms with E-state index in [4.69, 9.17) is 4.43 Å². The number of pyridine rings is 1.